The first-order valence-electron chi connectivity index (χ1n) is 11.1. The standard InChI is InChI=1S/C23H32O7/c1-11-14-6-7-15-21(10-14,18(11)28-12(2)24)23(27)19(29-13(3)25)17-20(4,5)9-8-16(26)22(15,17)30-23/h14-19,26-27H,1,6-10H2,2-5H3/t14-,15-,16-,17-,18-,19+,21+,22+,23+/m1/s1. The molecule has 5 aliphatic rings. The Kier molecular flexibility index (Phi) is 4.00. The molecule has 166 valence electrons. The number of hydrogen-bond acceptors (Lipinski definition) is 7. The van der Waals surface area contributed by atoms with Gasteiger partial charge in [-0.1, -0.05) is 20.4 Å². The number of aliphatic hydroxyl groups is 2. The topological polar surface area (TPSA) is 102 Å². The summed E-state index contributed by atoms with van der Waals surface area (Å²) in [7, 11) is 0. The van der Waals surface area contributed by atoms with Gasteiger partial charge in [0.2, 0.25) is 5.79 Å². The van der Waals surface area contributed by atoms with E-state index in [1.807, 2.05) is 0 Å². The van der Waals surface area contributed by atoms with Crippen LogP contribution in [0.2, 0.25) is 0 Å². The number of carbonyl (C=O) groups excluding carboxylic acids is 2. The highest BCUT2D eigenvalue weighted by molar-refractivity contribution is 5.67. The molecule has 2 heterocycles. The third-order valence-corrected chi connectivity index (χ3v) is 9.06. The van der Waals surface area contributed by atoms with Gasteiger partial charge >= 0.3 is 11.9 Å². The van der Waals surface area contributed by atoms with Crippen molar-refractivity contribution in [2.24, 2.45) is 28.6 Å². The lowest BCUT2D eigenvalue weighted by Gasteiger charge is -2.60. The molecular weight excluding hydrogens is 388 g/mol. The van der Waals surface area contributed by atoms with Crippen molar-refractivity contribution >= 4 is 11.9 Å². The summed E-state index contributed by atoms with van der Waals surface area (Å²) in [4.78, 5) is 24.1. The molecule has 9 atom stereocenters. The molecule has 5 rings (SSSR count). The molecule has 0 aromatic carbocycles. The first-order chi connectivity index (χ1) is 13.9. The average Bonchev–Trinajstić information content (AvgIpc) is 3.13. The molecule has 0 aromatic heterocycles. The molecule has 3 aliphatic carbocycles. The molecule has 30 heavy (non-hydrogen) atoms. The Labute approximate surface area is 176 Å². The van der Waals surface area contributed by atoms with Gasteiger partial charge in [-0.15, -0.1) is 0 Å². The lowest BCUT2D eigenvalue weighted by Crippen LogP contribution is -2.71. The zero-order chi connectivity index (χ0) is 21.9. The second-order valence-corrected chi connectivity index (χ2v) is 10.8. The van der Waals surface area contributed by atoms with Gasteiger partial charge in [0.05, 0.1) is 11.5 Å². The van der Waals surface area contributed by atoms with Crippen LogP contribution in [0.5, 0.6) is 0 Å². The largest absolute Gasteiger partial charge is 0.457 e. The number of rotatable bonds is 2. The Morgan fingerprint density at radius 3 is 2.43 bits per heavy atom. The van der Waals surface area contributed by atoms with Crippen LogP contribution in [-0.4, -0.2) is 51.9 Å². The van der Waals surface area contributed by atoms with Crippen LogP contribution >= 0.6 is 0 Å². The Morgan fingerprint density at radius 2 is 1.80 bits per heavy atom. The summed E-state index contributed by atoms with van der Waals surface area (Å²) in [5.41, 5.74) is -1.56. The maximum Gasteiger partial charge on any atom is 0.303 e. The van der Waals surface area contributed by atoms with Gasteiger partial charge in [0.1, 0.15) is 11.7 Å². The van der Waals surface area contributed by atoms with E-state index in [0.29, 0.717) is 12.8 Å². The average molecular weight is 421 g/mol. The van der Waals surface area contributed by atoms with Crippen LogP contribution in [0.3, 0.4) is 0 Å². The van der Waals surface area contributed by atoms with Crippen LogP contribution < -0.4 is 0 Å². The minimum Gasteiger partial charge on any atom is -0.457 e. The normalized spacial score (nSPS) is 52.5. The lowest BCUT2D eigenvalue weighted by molar-refractivity contribution is -0.287. The Morgan fingerprint density at radius 1 is 1.13 bits per heavy atom. The van der Waals surface area contributed by atoms with Gasteiger partial charge < -0.3 is 24.4 Å². The number of ether oxygens (including phenoxy) is 3. The number of fused-ring (bicyclic) bond motifs is 2. The van der Waals surface area contributed by atoms with Gasteiger partial charge in [0.15, 0.2) is 6.10 Å². The van der Waals surface area contributed by atoms with Crippen molar-refractivity contribution in [2.75, 3.05) is 0 Å². The molecule has 4 bridgehead atoms. The lowest BCUT2D eigenvalue weighted by atomic mass is 9.44. The van der Waals surface area contributed by atoms with Crippen molar-refractivity contribution in [1.29, 1.82) is 0 Å². The van der Waals surface area contributed by atoms with Crippen LogP contribution in [0.15, 0.2) is 12.2 Å². The van der Waals surface area contributed by atoms with E-state index in [0.717, 1.165) is 24.8 Å². The predicted octanol–water partition coefficient (Wildman–Crippen LogP) is 2.09. The maximum absolute atomic E-state index is 12.3. The van der Waals surface area contributed by atoms with Crippen molar-refractivity contribution in [2.45, 2.75) is 89.5 Å². The van der Waals surface area contributed by atoms with Crippen LogP contribution in [0, 0.1) is 28.6 Å². The van der Waals surface area contributed by atoms with Gasteiger partial charge in [0, 0.05) is 25.7 Å². The van der Waals surface area contributed by atoms with Crippen LogP contribution in [0.4, 0.5) is 0 Å². The van der Waals surface area contributed by atoms with Crippen molar-refractivity contribution in [1.82, 2.24) is 0 Å². The van der Waals surface area contributed by atoms with Crippen LogP contribution in [-0.2, 0) is 23.8 Å². The van der Waals surface area contributed by atoms with Crippen molar-refractivity contribution in [3.8, 4) is 0 Å². The van der Waals surface area contributed by atoms with E-state index in [1.54, 1.807) is 0 Å². The summed E-state index contributed by atoms with van der Waals surface area (Å²) >= 11 is 0. The highest BCUT2D eigenvalue weighted by Gasteiger charge is 2.90. The van der Waals surface area contributed by atoms with Gasteiger partial charge in [-0.25, -0.2) is 0 Å². The fraction of sp³-hybridized carbons (Fsp3) is 0.826. The van der Waals surface area contributed by atoms with Gasteiger partial charge in [0.25, 0.3) is 0 Å². The number of hydrogen-bond donors (Lipinski definition) is 2. The number of carbonyl (C=O) groups is 2. The molecule has 2 N–H and O–H groups in total. The zero-order valence-corrected chi connectivity index (χ0v) is 18.1. The fourth-order valence-electron chi connectivity index (χ4n) is 8.23. The quantitative estimate of drug-likeness (QED) is 0.521. The first-order valence-corrected chi connectivity index (χ1v) is 11.1. The minimum atomic E-state index is -1.85. The van der Waals surface area contributed by atoms with E-state index in [4.69, 9.17) is 14.2 Å². The highest BCUT2D eigenvalue weighted by Crippen LogP contribution is 2.79. The van der Waals surface area contributed by atoms with Gasteiger partial charge in [-0.05, 0) is 49.0 Å². The SMILES string of the molecule is C=C1[C@@H]2CC[C@H]3[C@@]45O[C@@](O)([C@@H](OC(C)=O)[C@@H]4C(C)(C)CC[C@H]5O)[C@]3(C2)[C@@H]1OC(C)=O. The summed E-state index contributed by atoms with van der Waals surface area (Å²) in [6.45, 7) is 11.1. The zero-order valence-electron chi connectivity index (χ0n) is 18.1. The molecule has 0 radical (unpaired) electrons. The third-order valence-electron chi connectivity index (χ3n) is 9.06. The second kappa shape index (κ2) is 5.87. The van der Waals surface area contributed by atoms with E-state index >= 15 is 0 Å². The summed E-state index contributed by atoms with van der Waals surface area (Å²) in [5, 5.41) is 23.6. The summed E-state index contributed by atoms with van der Waals surface area (Å²) in [6, 6.07) is 0. The summed E-state index contributed by atoms with van der Waals surface area (Å²) < 4.78 is 18.1. The molecule has 2 aliphatic heterocycles. The van der Waals surface area contributed by atoms with Crippen LogP contribution in [0.25, 0.3) is 0 Å². The Bertz CT molecular complexity index is 835. The molecule has 7 heteroatoms. The minimum absolute atomic E-state index is 0.0964. The predicted molar refractivity (Wildman–Crippen MR) is 105 cm³/mol. The molecular formula is C23H32O7. The van der Waals surface area contributed by atoms with E-state index in [1.165, 1.54) is 13.8 Å². The molecule has 2 saturated heterocycles. The molecule has 0 unspecified atom stereocenters. The maximum atomic E-state index is 12.3. The summed E-state index contributed by atoms with van der Waals surface area (Å²) in [5.74, 6) is -3.29. The molecule has 0 amide bonds. The van der Waals surface area contributed by atoms with Crippen molar-refractivity contribution < 1.29 is 34.0 Å². The third kappa shape index (κ3) is 2.07. The summed E-state index contributed by atoms with van der Waals surface area (Å²) in [6.07, 6.45) is 0.941. The molecule has 0 aromatic rings. The van der Waals surface area contributed by atoms with E-state index in [9.17, 15) is 19.8 Å². The molecule has 7 nitrogen and oxygen atoms in total. The van der Waals surface area contributed by atoms with Crippen molar-refractivity contribution in [3.63, 3.8) is 0 Å². The fourth-order valence-corrected chi connectivity index (χ4v) is 8.23. The first kappa shape index (κ1) is 20.5. The monoisotopic (exact) mass is 420 g/mol. The van der Waals surface area contributed by atoms with Crippen molar-refractivity contribution in [3.05, 3.63) is 12.2 Å². The number of aliphatic hydroxyl groups excluding tert-OH is 1. The molecule has 5 fully saturated rings. The van der Waals surface area contributed by atoms with Gasteiger partial charge in [-0.2, -0.15) is 0 Å². The molecule has 2 spiro atoms. The van der Waals surface area contributed by atoms with E-state index < -0.39 is 47.1 Å². The number of esters is 2. The second-order valence-electron chi connectivity index (χ2n) is 10.8. The smallest absolute Gasteiger partial charge is 0.303 e. The highest BCUT2D eigenvalue weighted by atomic mass is 16.7. The van der Waals surface area contributed by atoms with E-state index in [2.05, 4.69) is 20.4 Å². The van der Waals surface area contributed by atoms with Gasteiger partial charge in [-0.3, -0.25) is 9.59 Å². The molecule has 3 saturated carbocycles. The Balaban J connectivity index is 1.75. The van der Waals surface area contributed by atoms with E-state index in [-0.39, 0.29) is 23.2 Å². The van der Waals surface area contributed by atoms with Crippen LogP contribution in [0.1, 0.15) is 59.8 Å². The Hall–Kier alpha value is -1.44.